The first-order valence-corrected chi connectivity index (χ1v) is 4.38. The van der Waals surface area contributed by atoms with Gasteiger partial charge in [-0.15, -0.1) is 0 Å². The van der Waals surface area contributed by atoms with E-state index in [-0.39, 0.29) is 0 Å². The summed E-state index contributed by atoms with van der Waals surface area (Å²) < 4.78 is 5.41. The maximum atomic E-state index is 5.68. The molecule has 0 unspecified atom stereocenters. The molecule has 3 heteroatoms. The van der Waals surface area contributed by atoms with E-state index in [0.717, 1.165) is 26.3 Å². The molecule has 0 radical (unpaired) electrons. The first-order chi connectivity index (χ1) is 5.31. The zero-order chi connectivity index (χ0) is 7.73. The van der Waals surface area contributed by atoms with E-state index >= 15 is 0 Å². The lowest BCUT2D eigenvalue weighted by molar-refractivity contribution is 0.0810. The number of ether oxygens (including phenoxy) is 1. The van der Waals surface area contributed by atoms with E-state index in [1.54, 1.807) is 0 Å². The van der Waals surface area contributed by atoms with Crippen LogP contribution in [-0.2, 0) is 4.74 Å². The molecule has 0 saturated carbocycles. The lowest BCUT2D eigenvalue weighted by Gasteiger charge is -2.35. The predicted octanol–water partition coefficient (Wildman–Crippen LogP) is 0.363. The smallest absolute Gasteiger partial charge is 0.0524 e. The van der Waals surface area contributed by atoms with Crippen molar-refractivity contribution in [3.8, 4) is 0 Å². The van der Waals surface area contributed by atoms with Gasteiger partial charge in [-0.3, -0.25) is 5.84 Å². The fourth-order valence-corrected chi connectivity index (χ4v) is 2.04. The third-order valence-corrected chi connectivity index (χ3v) is 3.04. The Bertz CT molecular complexity index is 133. The van der Waals surface area contributed by atoms with E-state index in [9.17, 15) is 0 Å². The van der Waals surface area contributed by atoms with Crippen molar-refractivity contribution >= 4 is 0 Å². The predicted molar refractivity (Wildman–Crippen MR) is 42.9 cm³/mol. The molecule has 2 heterocycles. The topological polar surface area (TPSA) is 38.5 Å². The Labute approximate surface area is 67.5 Å². The van der Waals surface area contributed by atoms with Crippen molar-refractivity contribution in [1.82, 2.24) is 5.01 Å². The summed E-state index contributed by atoms with van der Waals surface area (Å²) in [6.07, 6.45) is 3.70. The van der Waals surface area contributed by atoms with Gasteiger partial charge in [-0.1, -0.05) is 0 Å². The first kappa shape index (κ1) is 7.53. The maximum absolute atomic E-state index is 5.68. The number of hydrazine groups is 1. The molecule has 2 N–H and O–H groups in total. The minimum atomic E-state index is 0.510. The Hall–Kier alpha value is -0.120. The molecule has 2 saturated heterocycles. The van der Waals surface area contributed by atoms with Gasteiger partial charge in [-0.2, -0.15) is 0 Å². The molecule has 0 aromatic heterocycles. The minimum absolute atomic E-state index is 0.510. The van der Waals surface area contributed by atoms with Gasteiger partial charge in [-0.05, 0) is 24.7 Å². The van der Waals surface area contributed by atoms with Gasteiger partial charge in [0.1, 0.15) is 0 Å². The summed E-state index contributed by atoms with van der Waals surface area (Å²) in [7, 11) is 0. The van der Waals surface area contributed by atoms with Crippen LogP contribution >= 0.6 is 0 Å². The lowest BCUT2D eigenvalue weighted by atomic mass is 9.78. The van der Waals surface area contributed by atoms with Crippen molar-refractivity contribution in [1.29, 1.82) is 0 Å². The van der Waals surface area contributed by atoms with E-state index in [4.69, 9.17) is 10.6 Å². The van der Waals surface area contributed by atoms with Crippen LogP contribution < -0.4 is 5.84 Å². The third-order valence-electron chi connectivity index (χ3n) is 3.04. The van der Waals surface area contributed by atoms with E-state index in [2.05, 4.69) is 0 Å². The molecule has 0 aromatic rings. The van der Waals surface area contributed by atoms with Crippen molar-refractivity contribution in [2.24, 2.45) is 11.3 Å². The Morgan fingerprint density at radius 3 is 2.45 bits per heavy atom. The van der Waals surface area contributed by atoms with Crippen LogP contribution in [0.25, 0.3) is 0 Å². The van der Waals surface area contributed by atoms with Crippen molar-refractivity contribution < 1.29 is 4.74 Å². The Morgan fingerprint density at radius 1 is 1.18 bits per heavy atom. The highest BCUT2D eigenvalue weighted by atomic mass is 16.5. The van der Waals surface area contributed by atoms with Crippen LogP contribution in [0.1, 0.15) is 19.3 Å². The molecule has 0 aromatic carbocycles. The van der Waals surface area contributed by atoms with Gasteiger partial charge >= 0.3 is 0 Å². The SMILES string of the molecule is NN1CCC2(CCOC2)CC1. The summed E-state index contributed by atoms with van der Waals surface area (Å²) in [5.74, 6) is 5.68. The fraction of sp³-hybridized carbons (Fsp3) is 1.00. The zero-order valence-corrected chi connectivity index (χ0v) is 6.88. The van der Waals surface area contributed by atoms with Gasteiger partial charge in [0.25, 0.3) is 0 Å². The number of rotatable bonds is 0. The second kappa shape index (κ2) is 2.73. The second-order valence-corrected chi connectivity index (χ2v) is 3.84. The summed E-state index contributed by atoms with van der Waals surface area (Å²) in [4.78, 5) is 0. The van der Waals surface area contributed by atoms with E-state index in [0.29, 0.717) is 5.41 Å². The van der Waals surface area contributed by atoms with Crippen molar-refractivity contribution in [3.05, 3.63) is 0 Å². The molecule has 0 bridgehead atoms. The normalized spacial score (nSPS) is 31.4. The Kier molecular flexibility index (Phi) is 1.87. The van der Waals surface area contributed by atoms with Gasteiger partial charge in [0.05, 0.1) is 6.61 Å². The summed E-state index contributed by atoms with van der Waals surface area (Å²) in [6, 6.07) is 0. The molecule has 0 amide bonds. The number of piperidine rings is 1. The summed E-state index contributed by atoms with van der Waals surface area (Å²) in [5, 5.41) is 1.92. The molecule has 2 rings (SSSR count). The minimum Gasteiger partial charge on any atom is -0.381 e. The van der Waals surface area contributed by atoms with E-state index in [1.165, 1.54) is 19.3 Å². The first-order valence-electron chi connectivity index (χ1n) is 4.38. The van der Waals surface area contributed by atoms with Crippen molar-refractivity contribution in [2.45, 2.75) is 19.3 Å². The van der Waals surface area contributed by atoms with Crippen molar-refractivity contribution in [2.75, 3.05) is 26.3 Å². The summed E-state index contributed by atoms with van der Waals surface area (Å²) in [6.45, 7) is 4.03. The molecule has 2 aliphatic rings. The summed E-state index contributed by atoms with van der Waals surface area (Å²) >= 11 is 0. The van der Waals surface area contributed by atoms with E-state index < -0.39 is 0 Å². The Morgan fingerprint density at radius 2 is 1.91 bits per heavy atom. The standard InChI is InChI=1S/C8H16N2O/c9-10-4-1-8(2-5-10)3-6-11-7-8/h1-7,9H2. The van der Waals surface area contributed by atoms with Crippen molar-refractivity contribution in [3.63, 3.8) is 0 Å². The van der Waals surface area contributed by atoms with Gasteiger partial charge in [0.2, 0.25) is 0 Å². The van der Waals surface area contributed by atoms with Gasteiger partial charge in [0, 0.05) is 19.7 Å². The van der Waals surface area contributed by atoms with Gasteiger partial charge < -0.3 is 4.74 Å². The largest absolute Gasteiger partial charge is 0.381 e. The highest BCUT2D eigenvalue weighted by Crippen LogP contribution is 2.38. The van der Waals surface area contributed by atoms with Crippen LogP contribution in [-0.4, -0.2) is 31.3 Å². The molecule has 64 valence electrons. The highest BCUT2D eigenvalue weighted by molar-refractivity contribution is 4.87. The molecule has 11 heavy (non-hydrogen) atoms. The monoisotopic (exact) mass is 156 g/mol. The molecule has 3 nitrogen and oxygen atoms in total. The highest BCUT2D eigenvalue weighted by Gasteiger charge is 2.37. The van der Waals surface area contributed by atoms with Gasteiger partial charge in [-0.25, -0.2) is 5.01 Å². The average molecular weight is 156 g/mol. The molecule has 0 aliphatic carbocycles. The molecule has 2 fully saturated rings. The molecular weight excluding hydrogens is 140 g/mol. The van der Waals surface area contributed by atoms with Crippen LogP contribution in [0.3, 0.4) is 0 Å². The van der Waals surface area contributed by atoms with E-state index in [1.807, 2.05) is 5.01 Å². The zero-order valence-electron chi connectivity index (χ0n) is 6.88. The quantitative estimate of drug-likeness (QED) is 0.515. The number of hydrogen-bond acceptors (Lipinski definition) is 3. The van der Waals surface area contributed by atoms with Crippen LogP contribution in [0.2, 0.25) is 0 Å². The van der Waals surface area contributed by atoms with Crippen LogP contribution in [0.5, 0.6) is 0 Å². The van der Waals surface area contributed by atoms with Crippen LogP contribution in [0, 0.1) is 5.41 Å². The Balaban J connectivity index is 1.94. The fourth-order valence-electron chi connectivity index (χ4n) is 2.04. The molecule has 2 aliphatic heterocycles. The molecule has 1 spiro atoms. The molecule has 0 atom stereocenters. The van der Waals surface area contributed by atoms with Crippen LogP contribution in [0.4, 0.5) is 0 Å². The maximum Gasteiger partial charge on any atom is 0.0524 e. The lowest BCUT2D eigenvalue weighted by Crippen LogP contribution is -2.43. The van der Waals surface area contributed by atoms with Crippen LogP contribution in [0.15, 0.2) is 0 Å². The number of nitrogens with zero attached hydrogens (tertiary/aromatic N) is 1. The number of nitrogens with two attached hydrogens (primary N) is 1. The number of hydrogen-bond donors (Lipinski definition) is 1. The third kappa shape index (κ3) is 1.41. The average Bonchev–Trinajstić information content (AvgIpc) is 2.45. The molecular formula is C8H16N2O. The second-order valence-electron chi connectivity index (χ2n) is 3.84. The van der Waals surface area contributed by atoms with Gasteiger partial charge in [0.15, 0.2) is 0 Å². The summed E-state index contributed by atoms with van der Waals surface area (Å²) in [5.41, 5.74) is 0.510.